The van der Waals surface area contributed by atoms with E-state index in [0.29, 0.717) is 16.3 Å². The zero-order valence-corrected chi connectivity index (χ0v) is 32.5. The van der Waals surface area contributed by atoms with Crippen LogP contribution in [0.15, 0.2) is 66.8 Å². The summed E-state index contributed by atoms with van der Waals surface area (Å²) in [6.45, 7) is 5.13. The third-order valence-corrected chi connectivity index (χ3v) is 9.54. The Bertz CT molecular complexity index is 1730. The number of rotatable bonds is 23. The molecule has 0 fully saturated rings. The summed E-state index contributed by atoms with van der Waals surface area (Å²) < 4.78 is 37.0. The number of nitrogens with one attached hydrogen (secondary N) is 3. The van der Waals surface area contributed by atoms with Crippen molar-refractivity contribution in [1.82, 2.24) is 15.4 Å². The Morgan fingerprint density at radius 3 is 2.33 bits per heavy atom. The van der Waals surface area contributed by atoms with Gasteiger partial charge < -0.3 is 30.9 Å². The van der Waals surface area contributed by atoms with E-state index < -0.39 is 63.6 Å². The molecule has 0 aliphatic heterocycles. The van der Waals surface area contributed by atoms with E-state index in [1.54, 1.807) is 32.0 Å². The Morgan fingerprint density at radius 1 is 1.00 bits per heavy atom. The summed E-state index contributed by atoms with van der Waals surface area (Å²) in [5.41, 5.74) is 6.63. The molecular formula is C38H51ClN4O10S. The number of sulfonamides is 1. The first-order chi connectivity index (χ1) is 25.5. The van der Waals surface area contributed by atoms with Crippen LogP contribution in [0.4, 0.5) is 0 Å². The lowest BCUT2D eigenvalue weighted by Gasteiger charge is -2.20. The van der Waals surface area contributed by atoms with Crippen LogP contribution in [-0.4, -0.2) is 80.8 Å². The highest BCUT2D eigenvalue weighted by Gasteiger charge is 2.28. The van der Waals surface area contributed by atoms with Gasteiger partial charge in [-0.2, -0.15) is 0 Å². The molecule has 2 aromatic carbocycles. The number of methoxy groups -OCH3 is 1. The number of primary amides is 1. The molecule has 0 heterocycles. The molecule has 0 aliphatic rings. The molecule has 0 saturated heterocycles. The molecule has 6 N–H and O–H groups in total. The normalized spacial score (nSPS) is 13.9. The van der Waals surface area contributed by atoms with Gasteiger partial charge in [-0.15, -0.1) is 0 Å². The van der Waals surface area contributed by atoms with Gasteiger partial charge in [0, 0.05) is 25.3 Å². The lowest BCUT2D eigenvalue weighted by molar-refractivity contribution is -0.156. The molecule has 16 heteroatoms. The van der Waals surface area contributed by atoms with Crippen molar-refractivity contribution in [2.75, 3.05) is 19.4 Å². The Hall–Kier alpha value is -4.73. The molecule has 2 aromatic rings. The van der Waals surface area contributed by atoms with Crippen LogP contribution >= 0.6 is 11.6 Å². The third-order valence-electron chi connectivity index (χ3n) is 7.91. The van der Waals surface area contributed by atoms with E-state index in [4.69, 9.17) is 26.8 Å². The quantitative estimate of drug-likeness (QED) is 0.0818. The smallest absolute Gasteiger partial charge is 0.308 e. The summed E-state index contributed by atoms with van der Waals surface area (Å²) in [5, 5.41) is 16.1. The first kappa shape index (κ1) is 45.4. The summed E-state index contributed by atoms with van der Waals surface area (Å²) in [5.74, 6) is -4.29. The van der Waals surface area contributed by atoms with Gasteiger partial charge in [-0.05, 0) is 54.5 Å². The third kappa shape index (κ3) is 17.9. The molecule has 0 radical (unpaired) electrons. The van der Waals surface area contributed by atoms with Gasteiger partial charge in [0.1, 0.15) is 11.8 Å². The summed E-state index contributed by atoms with van der Waals surface area (Å²) >= 11 is 6.28. The zero-order chi connectivity index (χ0) is 40.3. The Labute approximate surface area is 321 Å². The number of hydrogen-bond donors (Lipinski definition) is 5. The number of esters is 1. The van der Waals surface area contributed by atoms with Gasteiger partial charge in [-0.1, -0.05) is 87.0 Å². The molecule has 0 unspecified atom stereocenters. The first-order valence-corrected chi connectivity index (χ1v) is 19.5. The topological polar surface area (TPSA) is 220 Å². The van der Waals surface area contributed by atoms with Gasteiger partial charge in [0.25, 0.3) is 5.91 Å². The average molecular weight is 791 g/mol. The number of carbonyl (C=O) groups is 5. The lowest BCUT2D eigenvalue weighted by atomic mass is 10.00. The molecule has 296 valence electrons. The Kier molecular flexibility index (Phi) is 19.5. The second kappa shape index (κ2) is 23.1. The molecule has 0 bridgehead atoms. The van der Waals surface area contributed by atoms with Gasteiger partial charge in [0.2, 0.25) is 27.7 Å². The van der Waals surface area contributed by atoms with Crippen molar-refractivity contribution < 1.29 is 47.0 Å². The Morgan fingerprint density at radius 2 is 1.70 bits per heavy atom. The minimum atomic E-state index is -4.13. The van der Waals surface area contributed by atoms with Crippen molar-refractivity contribution in [1.29, 1.82) is 0 Å². The van der Waals surface area contributed by atoms with Crippen molar-refractivity contribution in [3.8, 4) is 5.75 Å². The van der Waals surface area contributed by atoms with Crippen LogP contribution < -0.4 is 25.8 Å². The fourth-order valence-electron chi connectivity index (χ4n) is 4.96. The van der Waals surface area contributed by atoms with E-state index in [-0.39, 0.29) is 56.9 Å². The molecule has 2 rings (SSSR count). The summed E-state index contributed by atoms with van der Waals surface area (Å²) in [6, 6.07) is 13.4. The molecule has 54 heavy (non-hydrogen) atoms. The highest BCUT2D eigenvalue weighted by atomic mass is 35.5. The first-order valence-electron chi connectivity index (χ1n) is 17.5. The number of hydrogen-bond acceptors (Lipinski definition) is 10. The van der Waals surface area contributed by atoms with Crippen LogP contribution in [0.2, 0.25) is 5.02 Å². The maximum atomic E-state index is 13.3. The monoisotopic (exact) mass is 790 g/mol. The van der Waals surface area contributed by atoms with E-state index in [9.17, 15) is 37.5 Å². The number of aliphatic hydroxyl groups excluding tert-OH is 1. The Balaban J connectivity index is 2.04. The van der Waals surface area contributed by atoms with Gasteiger partial charge in [-0.3, -0.25) is 24.0 Å². The number of halogens is 1. The van der Waals surface area contributed by atoms with E-state index in [1.165, 1.54) is 19.3 Å². The van der Waals surface area contributed by atoms with Crippen LogP contribution in [0.1, 0.15) is 64.0 Å². The van der Waals surface area contributed by atoms with Crippen molar-refractivity contribution in [3.05, 3.63) is 82.9 Å². The van der Waals surface area contributed by atoms with Crippen LogP contribution in [0, 0.1) is 11.8 Å². The molecule has 0 saturated carbocycles. The molecule has 4 amide bonds. The standard InChI is InChI=1S/C38H51ClN4O10S/c1-25(2)22-33(38(49)43-54(50,51)21-9-13-34(40)45)53-36(47)19-20-41-37(48)30(24-28-17-18-32(52-4)29(39)23-28)42-35(46)14-8-12-31(44)26(3)15-16-27-10-6-5-7-11-27/h5-8,10-11,14-18,23,25-26,30-31,33,44H,9,12-13,19-22,24H2,1-4H3,(H2,40,45)(H,41,48)(H,42,46)(H,43,49)/b14-8+,16-15+/t26-,30-,31+,33+/m1/s1. The second-order valence-corrected chi connectivity index (χ2v) is 15.3. The number of benzene rings is 2. The fourth-order valence-corrected chi connectivity index (χ4v) is 6.30. The molecule has 0 spiro atoms. The van der Waals surface area contributed by atoms with Crippen molar-refractivity contribution >= 4 is 57.3 Å². The van der Waals surface area contributed by atoms with E-state index >= 15 is 0 Å². The average Bonchev–Trinajstić information content (AvgIpc) is 3.09. The number of carbonyl (C=O) groups excluding carboxylic acids is 5. The minimum Gasteiger partial charge on any atom is -0.495 e. The molecule has 0 aliphatic carbocycles. The predicted molar refractivity (Wildman–Crippen MR) is 205 cm³/mol. The van der Waals surface area contributed by atoms with E-state index in [2.05, 4.69) is 10.6 Å². The molecule has 4 atom stereocenters. The highest BCUT2D eigenvalue weighted by molar-refractivity contribution is 7.90. The minimum absolute atomic E-state index is 0.0209. The van der Waals surface area contributed by atoms with Gasteiger partial charge in [-0.25, -0.2) is 13.1 Å². The predicted octanol–water partition coefficient (Wildman–Crippen LogP) is 3.21. The van der Waals surface area contributed by atoms with Crippen molar-refractivity contribution in [3.63, 3.8) is 0 Å². The summed E-state index contributed by atoms with van der Waals surface area (Å²) in [6.07, 6.45) is 3.91. The lowest BCUT2D eigenvalue weighted by Crippen LogP contribution is -2.48. The van der Waals surface area contributed by atoms with Crippen LogP contribution in [0.3, 0.4) is 0 Å². The van der Waals surface area contributed by atoms with Crippen LogP contribution in [-0.2, 0) is 45.2 Å². The van der Waals surface area contributed by atoms with Crippen LogP contribution in [0.25, 0.3) is 6.08 Å². The maximum Gasteiger partial charge on any atom is 0.308 e. The number of amides is 4. The zero-order valence-electron chi connectivity index (χ0n) is 31.0. The molecule has 14 nitrogen and oxygen atoms in total. The molecule has 0 aromatic heterocycles. The SMILES string of the molecule is COc1ccc(C[C@@H](NC(=O)/C=C/C[C@H](O)[C@H](C)/C=C/c2ccccc2)C(=O)NCCC(=O)O[C@@H](CC(C)C)C(=O)NS(=O)(=O)CCCC(N)=O)cc1Cl. The maximum absolute atomic E-state index is 13.3. The van der Waals surface area contributed by atoms with Crippen LogP contribution in [0.5, 0.6) is 5.75 Å². The fraction of sp³-hybridized carbons (Fsp3) is 0.447. The summed E-state index contributed by atoms with van der Waals surface area (Å²) in [7, 11) is -2.67. The number of ether oxygens (including phenoxy) is 2. The van der Waals surface area contributed by atoms with Gasteiger partial charge >= 0.3 is 5.97 Å². The van der Waals surface area contributed by atoms with E-state index in [0.717, 1.165) is 5.56 Å². The second-order valence-electron chi connectivity index (χ2n) is 13.1. The number of aliphatic hydroxyl groups is 1. The summed E-state index contributed by atoms with van der Waals surface area (Å²) in [4.78, 5) is 62.7. The van der Waals surface area contributed by atoms with Gasteiger partial charge in [0.05, 0.1) is 30.4 Å². The van der Waals surface area contributed by atoms with Crippen molar-refractivity contribution in [2.24, 2.45) is 17.6 Å². The number of nitrogens with two attached hydrogens (primary N) is 1. The van der Waals surface area contributed by atoms with Gasteiger partial charge in [0.15, 0.2) is 6.10 Å². The largest absolute Gasteiger partial charge is 0.495 e. The van der Waals surface area contributed by atoms with Crippen molar-refractivity contribution in [2.45, 2.75) is 77.5 Å². The highest BCUT2D eigenvalue weighted by Crippen LogP contribution is 2.25. The molecular weight excluding hydrogens is 740 g/mol. The van der Waals surface area contributed by atoms with E-state index in [1.807, 2.05) is 54.1 Å².